The zero-order valence-electron chi connectivity index (χ0n) is 19.0. The van der Waals surface area contributed by atoms with Crippen LogP contribution in [0.15, 0.2) is 66.7 Å². The minimum absolute atomic E-state index is 0.718. The number of benzene rings is 3. The van der Waals surface area contributed by atoms with E-state index in [2.05, 4.69) is 99.0 Å². The highest BCUT2D eigenvalue weighted by atomic mass is 15.0. The first-order chi connectivity index (χ1) is 14.6. The highest BCUT2D eigenvalue weighted by molar-refractivity contribution is 6.09. The highest BCUT2D eigenvalue weighted by Gasteiger charge is 2.14. The molecule has 0 aliphatic heterocycles. The molecule has 4 aromatic rings. The average molecular weight is 398 g/mol. The topological polar surface area (TPSA) is 4.93 Å². The summed E-state index contributed by atoms with van der Waals surface area (Å²) in [7, 11) is 0. The first kappa shape index (κ1) is 20.7. The number of hydrogen-bond acceptors (Lipinski definition) is 0. The lowest BCUT2D eigenvalue weighted by Gasteiger charge is -2.11. The maximum atomic E-state index is 2.45. The summed E-state index contributed by atoms with van der Waals surface area (Å²) >= 11 is 0. The van der Waals surface area contributed by atoms with Gasteiger partial charge in [0, 0.05) is 16.5 Å². The molecule has 0 aliphatic carbocycles. The van der Waals surface area contributed by atoms with Crippen LogP contribution in [-0.2, 0) is 12.8 Å². The number of rotatable bonds is 8. The quantitative estimate of drug-likeness (QED) is 0.281. The summed E-state index contributed by atoms with van der Waals surface area (Å²) < 4.78 is 2.43. The van der Waals surface area contributed by atoms with Gasteiger partial charge < -0.3 is 4.57 Å². The molecule has 0 spiro atoms. The molecule has 1 heteroatoms. The van der Waals surface area contributed by atoms with Crippen LogP contribution in [-0.4, -0.2) is 4.57 Å². The molecule has 0 amide bonds. The second-order valence-corrected chi connectivity index (χ2v) is 9.19. The van der Waals surface area contributed by atoms with Gasteiger partial charge in [0.05, 0.1) is 11.0 Å². The second kappa shape index (κ2) is 9.08. The van der Waals surface area contributed by atoms with E-state index >= 15 is 0 Å². The third kappa shape index (κ3) is 4.17. The van der Waals surface area contributed by atoms with Crippen LogP contribution in [0.25, 0.3) is 27.5 Å². The van der Waals surface area contributed by atoms with Crippen molar-refractivity contribution < 1.29 is 0 Å². The van der Waals surface area contributed by atoms with Gasteiger partial charge in [-0.05, 0) is 72.2 Å². The lowest BCUT2D eigenvalue weighted by molar-refractivity contribution is 0.523. The Morgan fingerprint density at radius 1 is 0.700 bits per heavy atom. The van der Waals surface area contributed by atoms with Gasteiger partial charge in [-0.2, -0.15) is 0 Å². The predicted octanol–water partition coefficient (Wildman–Crippen LogP) is 8.35. The summed E-state index contributed by atoms with van der Waals surface area (Å²) in [5, 5.41) is 2.78. The minimum Gasteiger partial charge on any atom is -0.309 e. The van der Waals surface area contributed by atoms with E-state index in [1.54, 1.807) is 0 Å². The van der Waals surface area contributed by atoms with Crippen LogP contribution in [0.5, 0.6) is 0 Å². The van der Waals surface area contributed by atoms with Crippen LogP contribution in [0.4, 0.5) is 0 Å². The third-order valence-corrected chi connectivity index (χ3v) is 6.56. The molecule has 30 heavy (non-hydrogen) atoms. The second-order valence-electron chi connectivity index (χ2n) is 9.19. The molecular weight excluding hydrogens is 362 g/mol. The average Bonchev–Trinajstić information content (AvgIpc) is 3.07. The number of fused-ring (bicyclic) bond motifs is 3. The van der Waals surface area contributed by atoms with Crippen molar-refractivity contribution >= 4 is 21.8 Å². The van der Waals surface area contributed by atoms with Crippen molar-refractivity contribution in [3.05, 3.63) is 77.9 Å². The zero-order chi connectivity index (χ0) is 21.1. The first-order valence-electron chi connectivity index (χ1n) is 11.7. The van der Waals surface area contributed by atoms with E-state index in [0.717, 1.165) is 24.7 Å². The summed E-state index contributed by atoms with van der Waals surface area (Å²) in [4.78, 5) is 0. The van der Waals surface area contributed by atoms with Crippen LogP contribution in [0.1, 0.15) is 58.1 Å². The van der Waals surface area contributed by atoms with E-state index < -0.39 is 0 Å². The molecule has 2 unspecified atom stereocenters. The molecule has 0 radical (unpaired) electrons. The molecule has 4 rings (SSSR count). The minimum atomic E-state index is 0.718. The van der Waals surface area contributed by atoms with Gasteiger partial charge >= 0.3 is 0 Å². The zero-order valence-corrected chi connectivity index (χ0v) is 19.0. The van der Waals surface area contributed by atoms with Crippen molar-refractivity contribution in [2.75, 3.05) is 0 Å². The Bertz CT molecular complexity index is 1120. The fourth-order valence-corrected chi connectivity index (χ4v) is 4.77. The van der Waals surface area contributed by atoms with Crippen molar-refractivity contribution in [3.63, 3.8) is 0 Å². The molecule has 1 heterocycles. The van der Waals surface area contributed by atoms with Gasteiger partial charge in [-0.1, -0.05) is 77.3 Å². The van der Waals surface area contributed by atoms with Gasteiger partial charge in [0.2, 0.25) is 0 Å². The normalized spacial score (nSPS) is 13.7. The Morgan fingerprint density at radius 3 is 1.80 bits per heavy atom. The van der Waals surface area contributed by atoms with Crippen LogP contribution in [0, 0.1) is 11.8 Å². The standard InChI is InChI=1S/C29H35N/c1-5-10-22(4)18-24-14-16-29-27(20-24)26-19-23(17-21(3)6-2)13-15-28(26)30(29)25-11-8-7-9-12-25/h7-9,11-16,19-22H,5-6,10,17-18H2,1-4H3. The number of aromatic nitrogens is 1. The summed E-state index contributed by atoms with van der Waals surface area (Å²) in [5.41, 5.74) is 6.77. The van der Waals surface area contributed by atoms with Gasteiger partial charge in [-0.3, -0.25) is 0 Å². The first-order valence-corrected chi connectivity index (χ1v) is 11.7. The molecule has 156 valence electrons. The van der Waals surface area contributed by atoms with Gasteiger partial charge in [0.25, 0.3) is 0 Å². The van der Waals surface area contributed by atoms with Crippen molar-refractivity contribution in [3.8, 4) is 5.69 Å². The van der Waals surface area contributed by atoms with Crippen LogP contribution in [0.3, 0.4) is 0 Å². The summed E-state index contributed by atoms with van der Waals surface area (Å²) in [6, 6.07) is 25.0. The fourth-order valence-electron chi connectivity index (χ4n) is 4.77. The van der Waals surface area contributed by atoms with E-state index in [1.807, 2.05) is 0 Å². The van der Waals surface area contributed by atoms with Crippen LogP contribution < -0.4 is 0 Å². The molecule has 1 aromatic heterocycles. The monoisotopic (exact) mass is 397 g/mol. The van der Waals surface area contributed by atoms with Crippen molar-refractivity contribution in [2.45, 2.75) is 59.8 Å². The Kier molecular flexibility index (Phi) is 6.27. The number of para-hydroxylation sites is 1. The lowest BCUT2D eigenvalue weighted by atomic mass is 9.95. The predicted molar refractivity (Wildman–Crippen MR) is 132 cm³/mol. The molecule has 2 atom stereocenters. The molecule has 0 bridgehead atoms. The molecule has 0 saturated heterocycles. The molecule has 3 aromatic carbocycles. The van der Waals surface area contributed by atoms with Crippen molar-refractivity contribution in [2.24, 2.45) is 11.8 Å². The van der Waals surface area contributed by atoms with Gasteiger partial charge in [0.15, 0.2) is 0 Å². The number of nitrogens with zero attached hydrogens (tertiary/aromatic N) is 1. The van der Waals surface area contributed by atoms with Gasteiger partial charge in [-0.15, -0.1) is 0 Å². The molecule has 0 N–H and O–H groups in total. The highest BCUT2D eigenvalue weighted by Crippen LogP contribution is 2.34. The van der Waals surface area contributed by atoms with E-state index in [0.29, 0.717) is 0 Å². The largest absolute Gasteiger partial charge is 0.309 e. The van der Waals surface area contributed by atoms with Gasteiger partial charge in [-0.25, -0.2) is 0 Å². The fraction of sp³-hybridized carbons (Fsp3) is 0.379. The van der Waals surface area contributed by atoms with E-state index in [4.69, 9.17) is 0 Å². The molecule has 0 saturated carbocycles. The van der Waals surface area contributed by atoms with Crippen LogP contribution in [0.2, 0.25) is 0 Å². The molecule has 0 aliphatic rings. The molecule has 1 nitrogen and oxygen atoms in total. The van der Waals surface area contributed by atoms with Gasteiger partial charge in [0.1, 0.15) is 0 Å². The Balaban J connectivity index is 1.89. The smallest absolute Gasteiger partial charge is 0.0541 e. The Hall–Kier alpha value is -2.54. The van der Waals surface area contributed by atoms with Crippen molar-refractivity contribution in [1.82, 2.24) is 4.57 Å². The molecule has 0 fully saturated rings. The summed E-state index contributed by atoms with van der Waals surface area (Å²) in [5.74, 6) is 1.45. The van der Waals surface area contributed by atoms with E-state index in [9.17, 15) is 0 Å². The SMILES string of the molecule is CCCC(C)Cc1ccc2c(c1)c1cc(CC(C)CC)ccc1n2-c1ccccc1. The van der Waals surface area contributed by atoms with Crippen molar-refractivity contribution in [1.29, 1.82) is 0 Å². The summed E-state index contributed by atoms with van der Waals surface area (Å²) in [6.45, 7) is 9.30. The van der Waals surface area contributed by atoms with E-state index in [1.165, 1.54) is 57.9 Å². The molecular formula is C29H35N. The Morgan fingerprint density at radius 2 is 1.27 bits per heavy atom. The lowest BCUT2D eigenvalue weighted by Crippen LogP contribution is -1.99. The van der Waals surface area contributed by atoms with Crippen LogP contribution >= 0.6 is 0 Å². The van der Waals surface area contributed by atoms with E-state index in [-0.39, 0.29) is 0 Å². The third-order valence-electron chi connectivity index (χ3n) is 6.56. The Labute approximate surface area is 181 Å². The maximum absolute atomic E-state index is 2.45. The maximum Gasteiger partial charge on any atom is 0.0541 e. The summed E-state index contributed by atoms with van der Waals surface area (Å²) in [6.07, 6.45) is 6.09. The number of hydrogen-bond donors (Lipinski definition) is 0.